The maximum absolute atomic E-state index is 5.76. The first-order valence-corrected chi connectivity index (χ1v) is 6.86. The quantitative estimate of drug-likeness (QED) is 0.360. The molecule has 0 heterocycles. The van der Waals surface area contributed by atoms with Gasteiger partial charge in [-0.15, -0.1) is 0 Å². The summed E-state index contributed by atoms with van der Waals surface area (Å²) in [5, 5.41) is 3.17. The molecule has 0 aromatic heterocycles. The number of hydrogen-bond acceptors (Lipinski definition) is 1. The van der Waals surface area contributed by atoms with Gasteiger partial charge in [0.25, 0.3) is 0 Å². The van der Waals surface area contributed by atoms with Crippen LogP contribution >= 0.6 is 0 Å². The highest BCUT2D eigenvalue weighted by molar-refractivity contribution is 5.77. The molecule has 0 aromatic carbocycles. The van der Waals surface area contributed by atoms with Crippen LogP contribution in [-0.2, 0) is 0 Å². The van der Waals surface area contributed by atoms with E-state index in [1.807, 2.05) is 0 Å². The first-order valence-electron chi connectivity index (χ1n) is 6.86. The van der Waals surface area contributed by atoms with Crippen molar-refractivity contribution in [2.45, 2.75) is 58.3 Å². The highest BCUT2D eigenvalue weighted by Crippen LogP contribution is 2.33. The maximum Gasteiger partial charge on any atom is 0.188 e. The van der Waals surface area contributed by atoms with E-state index >= 15 is 0 Å². The van der Waals surface area contributed by atoms with Crippen molar-refractivity contribution in [3.05, 3.63) is 0 Å². The van der Waals surface area contributed by atoms with Gasteiger partial charge in [0.05, 0.1) is 0 Å². The van der Waals surface area contributed by atoms with Gasteiger partial charge in [-0.1, -0.05) is 39.0 Å². The molecular weight excluding hydrogens is 198 g/mol. The zero-order valence-electron chi connectivity index (χ0n) is 10.7. The third kappa shape index (κ3) is 7.55. The van der Waals surface area contributed by atoms with Crippen molar-refractivity contribution in [1.82, 2.24) is 5.32 Å². The molecule has 1 fully saturated rings. The number of nitrogens with one attached hydrogen (secondary N) is 1. The van der Waals surface area contributed by atoms with Crippen LogP contribution in [0.25, 0.3) is 0 Å². The van der Waals surface area contributed by atoms with E-state index in [4.69, 9.17) is 5.73 Å². The normalized spacial score (nSPS) is 16.4. The summed E-state index contributed by atoms with van der Waals surface area (Å²) in [6, 6.07) is 0. The van der Waals surface area contributed by atoms with Crippen molar-refractivity contribution in [1.29, 1.82) is 0 Å². The second-order valence-electron chi connectivity index (χ2n) is 4.84. The Morgan fingerprint density at radius 2 is 2.06 bits per heavy atom. The molecule has 0 radical (unpaired) electrons. The third-order valence-electron chi connectivity index (χ3n) is 3.09. The molecule has 1 aliphatic carbocycles. The first-order chi connectivity index (χ1) is 7.83. The Labute approximate surface area is 99.9 Å². The van der Waals surface area contributed by atoms with Crippen molar-refractivity contribution in [2.75, 3.05) is 13.1 Å². The van der Waals surface area contributed by atoms with Crippen molar-refractivity contribution in [3.63, 3.8) is 0 Å². The molecule has 94 valence electrons. The lowest BCUT2D eigenvalue weighted by molar-refractivity contribution is 0.648. The molecule has 0 spiro atoms. The Morgan fingerprint density at radius 1 is 1.25 bits per heavy atom. The first kappa shape index (κ1) is 13.3. The van der Waals surface area contributed by atoms with Gasteiger partial charge in [-0.25, -0.2) is 0 Å². The predicted molar refractivity (Wildman–Crippen MR) is 70.6 cm³/mol. The fourth-order valence-corrected chi connectivity index (χ4v) is 1.81. The van der Waals surface area contributed by atoms with Crippen LogP contribution in [0.4, 0.5) is 0 Å². The molecule has 1 aliphatic rings. The van der Waals surface area contributed by atoms with Crippen LogP contribution in [-0.4, -0.2) is 19.0 Å². The molecule has 0 amide bonds. The highest BCUT2D eigenvalue weighted by atomic mass is 15.1. The number of nitrogens with zero attached hydrogens (tertiary/aromatic N) is 1. The number of unbranched alkanes of at least 4 members (excludes halogenated alkanes) is 3. The van der Waals surface area contributed by atoms with Crippen LogP contribution in [0.3, 0.4) is 0 Å². The lowest BCUT2D eigenvalue weighted by Gasteiger charge is -2.05. The topological polar surface area (TPSA) is 50.4 Å². The van der Waals surface area contributed by atoms with E-state index in [-0.39, 0.29) is 0 Å². The Hall–Kier alpha value is -0.730. The van der Waals surface area contributed by atoms with Gasteiger partial charge in [-0.05, 0) is 25.2 Å². The van der Waals surface area contributed by atoms with Crippen molar-refractivity contribution in [2.24, 2.45) is 16.6 Å². The highest BCUT2D eigenvalue weighted by Gasteiger charge is 2.19. The van der Waals surface area contributed by atoms with Crippen LogP contribution in [0.15, 0.2) is 4.99 Å². The average molecular weight is 225 g/mol. The largest absolute Gasteiger partial charge is 0.370 e. The molecule has 0 atom stereocenters. The minimum Gasteiger partial charge on any atom is -0.370 e. The summed E-state index contributed by atoms with van der Waals surface area (Å²) >= 11 is 0. The van der Waals surface area contributed by atoms with Gasteiger partial charge in [0.2, 0.25) is 0 Å². The van der Waals surface area contributed by atoms with Crippen LogP contribution < -0.4 is 11.1 Å². The minimum atomic E-state index is 0.632. The van der Waals surface area contributed by atoms with Gasteiger partial charge in [0.1, 0.15) is 0 Å². The predicted octanol–water partition coefficient (Wildman–Crippen LogP) is 2.66. The Bertz CT molecular complexity index is 197. The second-order valence-corrected chi connectivity index (χ2v) is 4.84. The molecule has 3 heteroatoms. The van der Waals surface area contributed by atoms with E-state index in [1.165, 1.54) is 51.4 Å². The van der Waals surface area contributed by atoms with Crippen LogP contribution in [0.5, 0.6) is 0 Å². The molecule has 1 rings (SSSR count). The number of guanidine groups is 1. The fraction of sp³-hybridized carbons (Fsp3) is 0.923. The third-order valence-corrected chi connectivity index (χ3v) is 3.09. The van der Waals surface area contributed by atoms with E-state index in [1.54, 1.807) is 0 Å². The summed E-state index contributed by atoms with van der Waals surface area (Å²) in [6.07, 6.45) is 10.5. The maximum atomic E-state index is 5.76. The molecule has 0 aliphatic heterocycles. The molecule has 3 nitrogen and oxygen atoms in total. The van der Waals surface area contributed by atoms with Gasteiger partial charge in [-0.3, -0.25) is 4.99 Å². The van der Waals surface area contributed by atoms with E-state index in [0.717, 1.165) is 19.0 Å². The van der Waals surface area contributed by atoms with Crippen LogP contribution in [0, 0.1) is 5.92 Å². The Morgan fingerprint density at radius 3 is 2.75 bits per heavy atom. The molecular formula is C13H27N3. The van der Waals surface area contributed by atoms with Crippen molar-refractivity contribution in [3.8, 4) is 0 Å². The Balaban J connectivity index is 1.86. The fourth-order valence-electron chi connectivity index (χ4n) is 1.81. The zero-order valence-corrected chi connectivity index (χ0v) is 10.7. The summed E-state index contributed by atoms with van der Waals surface area (Å²) in [5.41, 5.74) is 5.76. The van der Waals surface area contributed by atoms with Gasteiger partial charge in [-0.2, -0.15) is 0 Å². The Kier molecular flexibility index (Phi) is 7.02. The number of aliphatic imine (C=N–C) groups is 1. The smallest absolute Gasteiger partial charge is 0.188 e. The minimum absolute atomic E-state index is 0.632. The summed E-state index contributed by atoms with van der Waals surface area (Å²) < 4.78 is 0. The summed E-state index contributed by atoms with van der Waals surface area (Å²) in [6.45, 7) is 4.09. The molecule has 0 unspecified atom stereocenters. The van der Waals surface area contributed by atoms with Gasteiger partial charge in [0, 0.05) is 13.1 Å². The molecule has 3 N–H and O–H groups in total. The second kappa shape index (κ2) is 8.43. The van der Waals surface area contributed by atoms with E-state index in [9.17, 15) is 0 Å². The van der Waals surface area contributed by atoms with E-state index in [0.29, 0.717) is 5.96 Å². The molecule has 0 bridgehead atoms. The van der Waals surface area contributed by atoms with Crippen LogP contribution in [0.1, 0.15) is 58.3 Å². The number of rotatable bonds is 9. The number of nitrogens with two attached hydrogens (primary N) is 1. The molecule has 0 aromatic rings. The van der Waals surface area contributed by atoms with E-state index in [2.05, 4.69) is 17.2 Å². The average Bonchev–Trinajstić information content (AvgIpc) is 3.08. The van der Waals surface area contributed by atoms with Crippen molar-refractivity contribution >= 4 is 5.96 Å². The lowest BCUT2D eigenvalue weighted by Crippen LogP contribution is -2.32. The van der Waals surface area contributed by atoms with Crippen molar-refractivity contribution < 1.29 is 0 Å². The monoisotopic (exact) mass is 225 g/mol. The summed E-state index contributed by atoms with van der Waals surface area (Å²) in [5.74, 6) is 1.64. The standard InChI is InChI=1S/C13H27N3/c1-2-3-4-5-10-15-13(14)16-11-6-7-12-8-9-12/h12H,2-11H2,1H3,(H3,14,15,16). The van der Waals surface area contributed by atoms with Gasteiger partial charge >= 0.3 is 0 Å². The summed E-state index contributed by atoms with van der Waals surface area (Å²) in [7, 11) is 0. The van der Waals surface area contributed by atoms with Crippen LogP contribution in [0.2, 0.25) is 0 Å². The molecule has 16 heavy (non-hydrogen) atoms. The summed E-state index contributed by atoms with van der Waals surface area (Å²) in [4.78, 5) is 4.33. The number of hydrogen-bond donors (Lipinski definition) is 2. The molecule has 1 saturated carbocycles. The van der Waals surface area contributed by atoms with Gasteiger partial charge in [0.15, 0.2) is 5.96 Å². The molecule has 0 saturated heterocycles. The van der Waals surface area contributed by atoms with E-state index < -0.39 is 0 Å². The zero-order chi connectivity index (χ0) is 11.6. The van der Waals surface area contributed by atoms with Gasteiger partial charge < -0.3 is 11.1 Å². The lowest BCUT2D eigenvalue weighted by atomic mass is 10.2. The SMILES string of the molecule is CCCCCCNC(N)=NCCCC1CC1.